The number of benzene rings is 1. The zero-order chi connectivity index (χ0) is 11.6. The normalized spacial score (nSPS) is 15.3. The van der Waals surface area contributed by atoms with E-state index < -0.39 is 0 Å². The van der Waals surface area contributed by atoms with Crippen molar-refractivity contribution in [3.8, 4) is 0 Å². The van der Waals surface area contributed by atoms with Crippen LogP contribution >= 0.6 is 12.2 Å². The van der Waals surface area contributed by atoms with Gasteiger partial charge in [-0.05, 0) is 16.5 Å². The molecule has 16 heavy (non-hydrogen) atoms. The second kappa shape index (κ2) is 4.37. The Hall–Kier alpha value is -1.16. The van der Waals surface area contributed by atoms with Crippen LogP contribution in [-0.4, -0.2) is 5.84 Å². The molecule has 0 bridgehead atoms. The maximum Gasteiger partial charge on any atom is 0.208 e. The van der Waals surface area contributed by atoms with E-state index in [9.17, 15) is 0 Å². The van der Waals surface area contributed by atoms with Crippen LogP contribution in [-0.2, 0) is 16.1 Å². The van der Waals surface area contributed by atoms with Crippen molar-refractivity contribution < 1.29 is 4.28 Å². The summed E-state index contributed by atoms with van der Waals surface area (Å²) in [6.07, 6.45) is 0.789. The SMILES string of the molecule is CC(C)(C)c1ccc(CC2=NOSN2)cc1. The molecule has 0 aromatic heterocycles. The van der Waals surface area contributed by atoms with Gasteiger partial charge in [-0.3, -0.25) is 9.01 Å². The molecule has 86 valence electrons. The molecule has 0 atom stereocenters. The first-order chi connectivity index (χ1) is 7.55. The van der Waals surface area contributed by atoms with E-state index in [4.69, 9.17) is 4.28 Å². The van der Waals surface area contributed by atoms with Crippen LogP contribution in [0.1, 0.15) is 31.9 Å². The van der Waals surface area contributed by atoms with E-state index in [-0.39, 0.29) is 5.41 Å². The molecule has 0 fully saturated rings. The molecule has 3 nitrogen and oxygen atoms in total. The third-order valence-electron chi connectivity index (χ3n) is 2.54. The van der Waals surface area contributed by atoms with Crippen molar-refractivity contribution >= 4 is 18.1 Å². The second-order valence-corrected chi connectivity index (χ2v) is 5.44. The number of hydrogen-bond acceptors (Lipinski definition) is 4. The quantitative estimate of drug-likeness (QED) is 0.633. The fourth-order valence-corrected chi connectivity index (χ4v) is 1.90. The molecule has 0 radical (unpaired) electrons. The molecule has 1 heterocycles. The van der Waals surface area contributed by atoms with Crippen LogP contribution in [0.5, 0.6) is 0 Å². The van der Waals surface area contributed by atoms with Crippen molar-refractivity contribution in [2.45, 2.75) is 32.6 Å². The summed E-state index contributed by atoms with van der Waals surface area (Å²) in [7, 11) is 0. The van der Waals surface area contributed by atoms with E-state index in [0.29, 0.717) is 0 Å². The highest BCUT2D eigenvalue weighted by Crippen LogP contribution is 2.22. The van der Waals surface area contributed by atoms with E-state index in [1.807, 2.05) is 0 Å². The molecule has 0 saturated carbocycles. The fourth-order valence-electron chi connectivity index (χ4n) is 1.53. The van der Waals surface area contributed by atoms with Crippen LogP contribution in [0, 0.1) is 0 Å². The Kier molecular flexibility index (Phi) is 3.10. The molecular weight excluding hydrogens is 220 g/mol. The highest BCUT2D eigenvalue weighted by molar-refractivity contribution is 7.93. The Labute approximate surface area is 101 Å². The van der Waals surface area contributed by atoms with Crippen LogP contribution < -0.4 is 4.72 Å². The standard InChI is InChI=1S/C12H16N2OS/c1-12(2,3)10-6-4-9(5-7-10)8-11-13-15-16-14-11/h4-7H,8H2,1-3H3,(H,13,14). The first-order valence-corrected chi connectivity index (χ1v) is 6.05. The van der Waals surface area contributed by atoms with E-state index in [1.165, 1.54) is 11.1 Å². The van der Waals surface area contributed by atoms with Crippen LogP contribution in [0.3, 0.4) is 0 Å². The van der Waals surface area contributed by atoms with E-state index in [1.54, 1.807) is 0 Å². The first kappa shape index (κ1) is 11.3. The summed E-state index contributed by atoms with van der Waals surface area (Å²) < 4.78 is 7.80. The Bertz CT molecular complexity index is 392. The van der Waals surface area contributed by atoms with E-state index in [2.05, 4.69) is 54.9 Å². The summed E-state index contributed by atoms with van der Waals surface area (Å²) in [5.74, 6) is 0.869. The van der Waals surface area contributed by atoms with Gasteiger partial charge in [-0.1, -0.05) is 50.2 Å². The minimum Gasteiger partial charge on any atom is -0.297 e. The highest BCUT2D eigenvalue weighted by Gasteiger charge is 2.14. The molecule has 1 aromatic rings. The molecular formula is C12H16N2OS. The van der Waals surface area contributed by atoms with Crippen molar-refractivity contribution in [1.82, 2.24) is 4.72 Å². The molecule has 2 rings (SSSR count). The van der Waals surface area contributed by atoms with Gasteiger partial charge in [0.2, 0.25) is 12.2 Å². The highest BCUT2D eigenvalue weighted by atomic mass is 32.2. The molecule has 0 amide bonds. The largest absolute Gasteiger partial charge is 0.297 e. The Balaban J connectivity index is 2.07. The molecule has 1 aliphatic heterocycles. The third kappa shape index (κ3) is 2.70. The molecule has 0 unspecified atom stereocenters. The van der Waals surface area contributed by atoms with Gasteiger partial charge in [0, 0.05) is 6.42 Å². The minimum atomic E-state index is 0.209. The number of hydrogen-bond donors (Lipinski definition) is 1. The van der Waals surface area contributed by atoms with Gasteiger partial charge in [0.25, 0.3) is 0 Å². The smallest absolute Gasteiger partial charge is 0.208 e. The van der Waals surface area contributed by atoms with Crippen molar-refractivity contribution in [1.29, 1.82) is 0 Å². The Morgan fingerprint density at radius 1 is 1.25 bits per heavy atom. The van der Waals surface area contributed by atoms with Crippen LogP contribution in [0.2, 0.25) is 0 Å². The monoisotopic (exact) mass is 236 g/mol. The average Bonchev–Trinajstić information content (AvgIpc) is 2.70. The van der Waals surface area contributed by atoms with Gasteiger partial charge in [0.05, 0.1) is 0 Å². The minimum absolute atomic E-state index is 0.209. The predicted octanol–water partition coefficient (Wildman–Crippen LogP) is 3.02. The van der Waals surface area contributed by atoms with E-state index >= 15 is 0 Å². The lowest BCUT2D eigenvalue weighted by molar-refractivity contribution is 0.415. The fraction of sp³-hybridized carbons (Fsp3) is 0.417. The topological polar surface area (TPSA) is 33.6 Å². The zero-order valence-corrected chi connectivity index (χ0v) is 10.6. The Morgan fingerprint density at radius 2 is 1.94 bits per heavy atom. The van der Waals surface area contributed by atoms with Crippen LogP contribution in [0.4, 0.5) is 0 Å². The van der Waals surface area contributed by atoms with Crippen molar-refractivity contribution in [3.63, 3.8) is 0 Å². The van der Waals surface area contributed by atoms with Crippen molar-refractivity contribution in [2.24, 2.45) is 5.16 Å². The molecule has 4 heteroatoms. The number of rotatable bonds is 2. The maximum absolute atomic E-state index is 4.80. The molecule has 0 spiro atoms. The molecule has 1 aliphatic rings. The maximum atomic E-state index is 4.80. The third-order valence-corrected chi connectivity index (χ3v) is 3.00. The number of oxime groups is 1. The number of nitrogens with zero attached hydrogens (tertiary/aromatic N) is 1. The van der Waals surface area contributed by atoms with Crippen molar-refractivity contribution in [2.75, 3.05) is 0 Å². The van der Waals surface area contributed by atoms with Gasteiger partial charge < -0.3 is 0 Å². The lowest BCUT2D eigenvalue weighted by atomic mass is 9.86. The second-order valence-electron chi connectivity index (χ2n) is 4.92. The van der Waals surface area contributed by atoms with Gasteiger partial charge in [-0.25, -0.2) is 0 Å². The summed E-state index contributed by atoms with van der Waals surface area (Å²) in [6.45, 7) is 6.65. The van der Waals surface area contributed by atoms with E-state index in [0.717, 1.165) is 24.5 Å². The summed E-state index contributed by atoms with van der Waals surface area (Å²) in [6, 6.07) is 8.65. The van der Waals surface area contributed by atoms with Gasteiger partial charge in [-0.2, -0.15) is 0 Å². The summed E-state index contributed by atoms with van der Waals surface area (Å²) in [4.78, 5) is 0. The lowest BCUT2D eigenvalue weighted by Crippen LogP contribution is -2.14. The molecule has 0 saturated heterocycles. The van der Waals surface area contributed by atoms with Crippen LogP contribution in [0.25, 0.3) is 0 Å². The summed E-state index contributed by atoms with van der Waals surface area (Å²) >= 11 is 1.16. The number of amidine groups is 1. The van der Waals surface area contributed by atoms with Gasteiger partial charge in [0.1, 0.15) is 0 Å². The van der Waals surface area contributed by atoms with Gasteiger partial charge >= 0.3 is 0 Å². The van der Waals surface area contributed by atoms with Gasteiger partial charge in [0.15, 0.2) is 5.84 Å². The molecule has 1 N–H and O–H groups in total. The van der Waals surface area contributed by atoms with Crippen molar-refractivity contribution in [3.05, 3.63) is 35.4 Å². The average molecular weight is 236 g/mol. The molecule has 1 aromatic carbocycles. The predicted molar refractivity (Wildman–Crippen MR) is 68.1 cm³/mol. The Morgan fingerprint density at radius 3 is 2.44 bits per heavy atom. The van der Waals surface area contributed by atoms with Crippen LogP contribution in [0.15, 0.2) is 29.4 Å². The van der Waals surface area contributed by atoms with Gasteiger partial charge in [-0.15, -0.1) is 0 Å². The molecule has 0 aliphatic carbocycles. The zero-order valence-electron chi connectivity index (χ0n) is 9.78. The first-order valence-electron chi connectivity index (χ1n) is 5.31. The number of nitrogens with one attached hydrogen (secondary N) is 1. The lowest BCUT2D eigenvalue weighted by Gasteiger charge is -2.19. The summed E-state index contributed by atoms with van der Waals surface area (Å²) in [5.41, 5.74) is 2.80. The summed E-state index contributed by atoms with van der Waals surface area (Å²) in [5, 5.41) is 3.87.